The molecule has 12 heavy (non-hydrogen) atoms. The summed E-state index contributed by atoms with van der Waals surface area (Å²) in [6, 6.07) is 0.0860. The molecule has 0 radical (unpaired) electrons. The molecule has 1 atom stereocenters. The molecule has 0 bridgehead atoms. The molecule has 0 aliphatic carbocycles. The van der Waals surface area contributed by atoms with E-state index in [1.807, 2.05) is 25.7 Å². The fourth-order valence-corrected chi connectivity index (χ4v) is 1.57. The SMILES string of the molecule is C[C@@H](N)CN1CCC(C)(C)C1=O. The van der Waals surface area contributed by atoms with E-state index in [1.54, 1.807) is 0 Å². The fraction of sp³-hybridized carbons (Fsp3) is 0.889. The van der Waals surface area contributed by atoms with Crippen molar-refractivity contribution in [1.29, 1.82) is 0 Å². The van der Waals surface area contributed by atoms with E-state index in [9.17, 15) is 4.79 Å². The number of carbonyl (C=O) groups excluding carboxylic acids is 1. The molecule has 1 heterocycles. The average Bonchev–Trinajstić information content (AvgIpc) is 2.15. The molecule has 70 valence electrons. The highest BCUT2D eigenvalue weighted by molar-refractivity contribution is 5.84. The first-order chi connectivity index (χ1) is 5.43. The van der Waals surface area contributed by atoms with E-state index in [0.717, 1.165) is 13.0 Å². The van der Waals surface area contributed by atoms with Gasteiger partial charge in [0.05, 0.1) is 0 Å². The van der Waals surface area contributed by atoms with Gasteiger partial charge in [0.2, 0.25) is 5.91 Å². The summed E-state index contributed by atoms with van der Waals surface area (Å²) in [7, 11) is 0. The Labute approximate surface area is 73.9 Å². The minimum Gasteiger partial charge on any atom is -0.341 e. The summed E-state index contributed by atoms with van der Waals surface area (Å²) in [6.07, 6.45) is 0.957. The number of likely N-dealkylation sites (tertiary alicyclic amines) is 1. The zero-order valence-corrected chi connectivity index (χ0v) is 8.13. The van der Waals surface area contributed by atoms with Crippen LogP contribution in [-0.2, 0) is 4.79 Å². The molecule has 1 amide bonds. The normalized spacial score (nSPS) is 24.7. The molecule has 0 aromatic heterocycles. The van der Waals surface area contributed by atoms with E-state index in [1.165, 1.54) is 0 Å². The lowest BCUT2D eigenvalue weighted by atomic mass is 9.92. The average molecular weight is 170 g/mol. The first kappa shape index (κ1) is 9.52. The van der Waals surface area contributed by atoms with Gasteiger partial charge >= 0.3 is 0 Å². The maximum atomic E-state index is 11.6. The van der Waals surface area contributed by atoms with Crippen molar-refractivity contribution in [2.45, 2.75) is 33.2 Å². The highest BCUT2D eigenvalue weighted by Gasteiger charge is 2.38. The van der Waals surface area contributed by atoms with Crippen LogP contribution in [0, 0.1) is 5.41 Å². The predicted octanol–water partition coefficient (Wildman–Crippen LogP) is 0.592. The molecule has 1 aliphatic heterocycles. The van der Waals surface area contributed by atoms with Gasteiger partial charge in [-0.1, -0.05) is 13.8 Å². The molecular formula is C9H18N2O. The van der Waals surface area contributed by atoms with Crippen LogP contribution >= 0.6 is 0 Å². The molecule has 1 saturated heterocycles. The molecule has 3 nitrogen and oxygen atoms in total. The maximum absolute atomic E-state index is 11.6. The third-order valence-corrected chi connectivity index (χ3v) is 2.38. The van der Waals surface area contributed by atoms with Gasteiger partial charge in [0.15, 0.2) is 0 Å². The minimum absolute atomic E-state index is 0.0860. The summed E-state index contributed by atoms with van der Waals surface area (Å²) in [5.41, 5.74) is 5.47. The van der Waals surface area contributed by atoms with Gasteiger partial charge in [-0.25, -0.2) is 0 Å². The first-order valence-corrected chi connectivity index (χ1v) is 4.48. The van der Waals surface area contributed by atoms with Crippen molar-refractivity contribution in [3.8, 4) is 0 Å². The summed E-state index contributed by atoms with van der Waals surface area (Å²) >= 11 is 0. The monoisotopic (exact) mass is 170 g/mol. The van der Waals surface area contributed by atoms with Crippen LogP contribution in [0.15, 0.2) is 0 Å². The summed E-state index contributed by atoms with van der Waals surface area (Å²) in [5.74, 6) is 0.250. The van der Waals surface area contributed by atoms with Crippen LogP contribution in [0.25, 0.3) is 0 Å². The maximum Gasteiger partial charge on any atom is 0.228 e. The van der Waals surface area contributed by atoms with E-state index in [0.29, 0.717) is 6.54 Å². The van der Waals surface area contributed by atoms with Crippen molar-refractivity contribution < 1.29 is 4.79 Å². The second-order valence-electron chi connectivity index (χ2n) is 4.36. The van der Waals surface area contributed by atoms with Gasteiger partial charge < -0.3 is 10.6 Å². The van der Waals surface area contributed by atoms with Gasteiger partial charge in [0.25, 0.3) is 0 Å². The molecule has 3 heteroatoms. The van der Waals surface area contributed by atoms with Gasteiger partial charge in [-0.15, -0.1) is 0 Å². The Hall–Kier alpha value is -0.570. The Morgan fingerprint density at radius 1 is 1.67 bits per heavy atom. The zero-order valence-electron chi connectivity index (χ0n) is 8.13. The smallest absolute Gasteiger partial charge is 0.228 e. The highest BCUT2D eigenvalue weighted by atomic mass is 16.2. The molecule has 0 saturated carbocycles. The van der Waals surface area contributed by atoms with Crippen molar-refractivity contribution >= 4 is 5.91 Å². The summed E-state index contributed by atoms with van der Waals surface area (Å²) in [5, 5.41) is 0. The second-order valence-corrected chi connectivity index (χ2v) is 4.36. The van der Waals surface area contributed by atoms with Gasteiger partial charge in [-0.3, -0.25) is 4.79 Å². The van der Waals surface area contributed by atoms with Gasteiger partial charge in [-0.2, -0.15) is 0 Å². The third-order valence-electron chi connectivity index (χ3n) is 2.38. The number of hydrogen-bond donors (Lipinski definition) is 1. The van der Waals surface area contributed by atoms with Crippen LogP contribution in [0.1, 0.15) is 27.2 Å². The third kappa shape index (κ3) is 1.78. The van der Waals surface area contributed by atoms with E-state index >= 15 is 0 Å². The van der Waals surface area contributed by atoms with E-state index < -0.39 is 0 Å². The number of nitrogens with two attached hydrogens (primary N) is 1. The number of rotatable bonds is 2. The lowest BCUT2D eigenvalue weighted by Gasteiger charge is -2.20. The van der Waals surface area contributed by atoms with E-state index in [2.05, 4.69) is 0 Å². The van der Waals surface area contributed by atoms with Crippen LogP contribution in [0.2, 0.25) is 0 Å². The molecule has 1 rings (SSSR count). The number of amides is 1. The Morgan fingerprint density at radius 3 is 2.58 bits per heavy atom. The molecule has 0 aromatic rings. The summed E-state index contributed by atoms with van der Waals surface area (Å²) < 4.78 is 0. The predicted molar refractivity (Wildman–Crippen MR) is 48.6 cm³/mol. The zero-order chi connectivity index (χ0) is 9.35. The van der Waals surface area contributed by atoms with Crippen LogP contribution in [0.5, 0.6) is 0 Å². The van der Waals surface area contributed by atoms with Gasteiger partial charge in [-0.05, 0) is 13.3 Å². The number of nitrogens with zero attached hydrogens (tertiary/aromatic N) is 1. The Balaban J connectivity index is 2.56. The molecule has 0 spiro atoms. The first-order valence-electron chi connectivity index (χ1n) is 4.48. The minimum atomic E-state index is -0.158. The van der Waals surface area contributed by atoms with E-state index in [4.69, 9.17) is 5.73 Å². The van der Waals surface area contributed by atoms with Crippen LogP contribution in [-0.4, -0.2) is 29.9 Å². The molecule has 1 fully saturated rings. The van der Waals surface area contributed by atoms with Crippen LogP contribution in [0.3, 0.4) is 0 Å². The van der Waals surface area contributed by atoms with Crippen molar-refractivity contribution in [3.63, 3.8) is 0 Å². The van der Waals surface area contributed by atoms with Crippen molar-refractivity contribution in [2.75, 3.05) is 13.1 Å². The Kier molecular flexibility index (Phi) is 2.42. The van der Waals surface area contributed by atoms with Crippen LogP contribution < -0.4 is 5.73 Å². The number of carbonyl (C=O) groups is 1. The van der Waals surface area contributed by atoms with Gasteiger partial charge in [0.1, 0.15) is 0 Å². The quantitative estimate of drug-likeness (QED) is 0.659. The topological polar surface area (TPSA) is 46.3 Å². The Bertz CT molecular complexity index is 187. The Morgan fingerprint density at radius 2 is 2.25 bits per heavy atom. The van der Waals surface area contributed by atoms with Crippen LogP contribution in [0.4, 0.5) is 0 Å². The second kappa shape index (κ2) is 3.05. The standard InChI is InChI=1S/C9H18N2O/c1-7(10)6-11-5-4-9(2,3)8(11)12/h7H,4-6,10H2,1-3H3/t7-/m1/s1. The summed E-state index contributed by atoms with van der Waals surface area (Å²) in [6.45, 7) is 7.49. The lowest BCUT2D eigenvalue weighted by Crippen LogP contribution is -2.38. The number of hydrogen-bond acceptors (Lipinski definition) is 2. The molecule has 0 unspecified atom stereocenters. The lowest BCUT2D eigenvalue weighted by molar-refractivity contribution is -0.134. The molecular weight excluding hydrogens is 152 g/mol. The van der Waals surface area contributed by atoms with E-state index in [-0.39, 0.29) is 17.4 Å². The molecule has 0 aromatic carbocycles. The van der Waals surface area contributed by atoms with Crippen molar-refractivity contribution in [1.82, 2.24) is 4.90 Å². The summed E-state index contributed by atoms with van der Waals surface area (Å²) in [4.78, 5) is 13.5. The molecule has 1 aliphatic rings. The van der Waals surface area contributed by atoms with Gasteiger partial charge in [0, 0.05) is 24.5 Å². The van der Waals surface area contributed by atoms with Crippen molar-refractivity contribution in [2.24, 2.45) is 11.1 Å². The highest BCUT2D eigenvalue weighted by Crippen LogP contribution is 2.30. The van der Waals surface area contributed by atoms with Crippen molar-refractivity contribution in [3.05, 3.63) is 0 Å². The molecule has 2 N–H and O–H groups in total. The largest absolute Gasteiger partial charge is 0.341 e. The fourth-order valence-electron chi connectivity index (χ4n) is 1.57.